The minimum Gasteiger partial charge on any atom is -0.465 e. The lowest BCUT2D eigenvalue weighted by Crippen LogP contribution is -2.64. The van der Waals surface area contributed by atoms with Gasteiger partial charge in [0.2, 0.25) is 0 Å². The van der Waals surface area contributed by atoms with E-state index in [2.05, 4.69) is 0 Å². The van der Waals surface area contributed by atoms with Crippen molar-refractivity contribution in [1.82, 2.24) is 0 Å². The van der Waals surface area contributed by atoms with Crippen LogP contribution in [0.15, 0.2) is 11.1 Å². The number of allylic oxidation sites excluding steroid dienone is 1. The molecule has 1 spiro atoms. The standard InChI is InChI=1S/C15H18O3/c16-14-15-6-8(7-18-14)9-2-1-3-10(9)12(15)11-4-5-17-13(11)15/h8-9,11,13H,1-7H2/t8-,9+,11+,13+,15-/m1/s1. The second kappa shape index (κ2) is 3.01. The Hall–Kier alpha value is -0.830. The molecule has 5 rings (SSSR count). The third kappa shape index (κ3) is 0.870. The van der Waals surface area contributed by atoms with Gasteiger partial charge in [0.05, 0.1) is 12.7 Å². The molecule has 0 radical (unpaired) electrons. The molecule has 2 heterocycles. The Labute approximate surface area is 107 Å². The highest BCUT2D eigenvalue weighted by molar-refractivity contribution is 5.86. The molecule has 5 atom stereocenters. The summed E-state index contributed by atoms with van der Waals surface area (Å²) in [6, 6.07) is 0. The van der Waals surface area contributed by atoms with Crippen molar-refractivity contribution >= 4 is 5.97 Å². The van der Waals surface area contributed by atoms with Crippen LogP contribution >= 0.6 is 0 Å². The van der Waals surface area contributed by atoms with Crippen molar-refractivity contribution in [3.8, 4) is 0 Å². The van der Waals surface area contributed by atoms with E-state index in [4.69, 9.17) is 9.47 Å². The van der Waals surface area contributed by atoms with Gasteiger partial charge >= 0.3 is 5.97 Å². The molecule has 0 unspecified atom stereocenters. The van der Waals surface area contributed by atoms with Gasteiger partial charge in [-0.1, -0.05) is 5.57 Å². The van der Waals surface area contributed by atoms with Crippen molar-refractivity contribution in [3.63, 3.8) is 0 Å². The summed E-state index contributed by atoms with van der Waals surface area (Å²) >= 11 is 0. The van der Waals surface area contributed by atoms with Gasteiger partial charge in [0.25, 0.3) is 0 Å². The zero-order valence-corrected chi connectivity index (χ0v) is 10.5. The van der Waals surface area contributed by atoms with E-state index < -0.39 is 0 Å². The molecule has 2 aliphatic heterocycles. The summed E-state index contributed by atoms with van der Waals surface area (Å²) in [5.74, 6) is 1.87. The van der Waals surface area contributed by atoms with Crippen LogP contribution < -0.4 is 0 Å². The van der Waals surface area contributed by atoms with Crippen molar-refractivity contribution in [3.05, 3.63) is 11.1 Å². The molecule has 0 aromatic heterocycles. The topological polar surface area (TPSA) is 35.5 Å². The summed E-state index contributed by atoms with van der Waals surface area (Å²) in [5, 5.41) is 0. The van der Waals surface area contributed by atoms with E-state index in [1.807, 2.05) is 0 Å². The Kier molecular flexibility index (Phi) is 1.67. The first-order valence-electron chi connectivity index (χ1n) is 7.34. The molecule has 4 fully saturated rings. The number of esters is 1. The molecule has 2 saturated carbocycles. The van der Waals surface area contributed by atoms with Gasteiger partial charge < -0.3 is 9.47 Å². The fourth-order valence-electron chi connectivity index (χ4n) is 5.59. The molecular formula is C15H18O3. The molecule has 0 amide bonds. The summed E-state index contributed by atoms with van der Waals surface area (Å²) < 4.78 is 11.4. The van der Waals surface area contributed by atoms with Crippen LogP contribution in [-0.2, 0) is 14.3 Å². The van der Waals surface area contributed by atoms with Crippen molar-refractivity contribution < 1.29 is 14.3 Å². The van der Waals surface area contributed by atoms with Crippen LogP contribution in [-0.4, -0.2) is 25.3 Å². The second-order valence-corrected chi connectivity index (χ2v) is 6.66. The molecule has 5 aliphatic rings. The highest BCUT2D eigenvalue weighted by Gasteiger charge is 2.71. The Morgan fingerprint density at radius 1 is 1.22 bits per heavy atom. The van der Waals surface area contributed by atoms with Gasteiger partial charge in [0.15, 0.2) is 0 Å². The number of hydrogen-bond acceptors (Lipinski definition) is 3. The lowest BCUT2D eigenvalue weighted by molar-refractivity contribution is -0.189. The number of fused-ring (bicyclic) bond motifs is 5. The van der Waals surface area contributed by atoms with Gasteiger partial charge in [-0.15, -0.1) is 0 Å². The Balaban J connectivity index is 1.74. The number of carbonyl (C=O) groups is 1. The Morgan fingerprint density at radius 2 is 2.17 bits per heavy atom. The summed E-state index contributed by atoms with van der Waals surface area (Å²) in [7, 11) is 0. The van der Waals surface area contributed by atoms with Crippen molar-refractivity contribution in [2.45, 2.75) is 38.2 Å². The molecule has 18 heavy (non-hydrogen) atoms. The van der Waals surface area contributed by atoms with Crippen LogP contribution in [0, 0.1) is 23.2 Å². The maximum atomic E-state index is 12.4. The second-order valence-electron chi connectivity index (χ2n) is 6.66. The number of rotatable bonds is 0. The minimum absolute atomic E-state index is 0.0229. The summed E-state index contributed by atoms with van der Waals surface area (Å²) in [5.41, 5.74) is 2.79. The molecule has 0 aromatic carbocycles. The number of cyclic esters (lactones) is 1. The van der Waals surface area contributed by atoms with Gasteiger partial charge in [0, 0.05) is 18.4 Å². The number of carbonyl (C=O) groups excluding carboxylic acids is 1. The third-order valence-electron chi connectivity index (χ3n) is 6.13. The fourth-order valence-corrected chi connectivity index (χ4v) is 5.59. The number of hydrogen-bond donors (Lipinski definition) is 0. The largest absolute Gasteiger partial charge is 0.465 e. The van der Waals surface area contributed by atoms with Crippen molar-refractivity contribution in [2.75, 3.05) is 13.2 Å². The van der Waals surface area contributed by atoms with Crippen LogP contribution in [0.1, 0.15) is 32.1 Å². The van der Waals surface area contributed by atoms with Crippen LogP contribution in [0.4, 0.5) is 0 Å². The normalized spacial score (nSPS) is 52.3. The van der Waals surface area contributed by atoms with Crippen LogP contribution in [0.3, 0.4) is 0 Å². The van der Waals surface area contributed by atoms with E-state index in [9.17, 15) is 4.79 Å². The maximum absolute atomic E-state index is 12.4. The first-order chi connectivity index (χ1) is 8.82. The predicted molar refractivity (Wildman–Crippen MR) is 63.7 cm³/mol. The molecule has 3 heteroatoms. The van der Waals surface area contributed by atoms with Gasteiger partial charge in [-0.2, -0.15) is 0 Å². The Morgan fingerprint density at radius 3 is 3.11 bits per heavy atom. The average Bonchev–Trinajstić information content (AvgIpc) is 2.99. The molecule has 0 aromatic rings. The summed E-state index contributed by atoms with van der Waals surface area (Å²) in [6.07, 6.45) is 6.14. The van der Waals surface area contributed by atoms with Crippen LogP contribution in [0.5, 0.6) is 0 Å². The Bertz CT molecular complexity index is 480. The van der Waals surface area contributed by atoms with E-state index in [-0.39, 0.29) is 17.5 Å². The molecular weight excluding hydrogens is 228 g/mol. The number of ether oxygens (including phenoxy) is 2. The lowest BCUT2D eigenvalue weighted by atomic mass is 9.46. The first kappa shape index (κ1) is 10.0. The highest BCUT2D eigenvalue weighted by Crippen LogP contribution is 2.68. The van der Waals surface area contributed by atoms with Gasteiger partial charge in [-0.3, -0.25) is 4.79 Å². The maximum Gasteiger partial charge on any atom is 0.318 e. The summed E-state index contributed by atoms with van der Waals surface area (Å²) in [4.78, 5) is 12.4. The zero-order chi connectivity index (χ0) is 11.9. The fraction of sp³-hybridized carbons (Fsp3) is 0.800. The monoisotopic (exact) mass is 246 g/mol. The molecule has 2 saturated heterocycles. The molecule has 3 aliphatic carbocycles. The van der Waals surface area contributed by atoms with Crippen molar-refractivity contribution in [2.24, 2.45) is 23.2 Å². The van der Waals surface area contributed by atoms with Crippen molar-refractivity contribution in [1.29, 1.82) is 0 Å². The SMILES string of the molecule is O=C1OC[C@H]2C[C@]13C(=C1CCC[C@H]12)[C@@H]1CCO[C@@H]13. The first-order valence-corrected chi connectivity index (χ1v) is 7.34. The highest BCUT2D eigenvalue weighted by atomic mass is 16.5. The average molecular weight is 246 g/mol. The van der Waals surface area contributed by atoms with E-state index in [0.717, 1.165) is 25.4 Å². The van der Waals surface area contributed by atoms with E-state index >= 15 is 0 Å². The zero-order valence-electron chi connectivity index (χ0n) is 10.5. The van der Waals surface area contributed by atoms with Gasteiger partial charge in [-0.25, -0.2) is 0 Å². The molecule has 0 N–H and O–H groups in total. The lowest BCUT2D eigenvalue weighted by Gasteiger charge is -2.59. The molecule has 3 nitrogen and oxygen atoms in total. The molecule has 2 bridgehead atoms. The van der Waals surface area contributed by atoms with Gasteiger partial charge in [-0.05, 0) is 43.6 Å². The third-order valence-corrected chi connectivity index (χ3v) is 6.13. The van der Waals surface area contributed by atoms with Gasteiger partial charge in [0.1, 0.15) is 5.41 Å². The smallest absolute Gasteiger partial charge is 0.318 e. The quantitative estimate of drug-likeness (QED) is 0.485. The summed E-state index contributed by atoms with van der Waals surface area (Å²) in [6.45, 7) is 1.48. The predicted octanol–water partition coefficient (Wildman–Crippen LogP) is 2.06. The van der Waals surface area contributed by atoms with Crippen LogP contribution in [0.25, 0.3) is 0 Å². The van der Waals surface area contributed by atoms with E-state index in [0.29, 0.717) is 18.4 Å². The van der Waals surface area contributed by atoms with E-state index in [1.165, 1.54) is 24.8 Å². The minimum atomic E-state index is -0.333. The molecule has 96 valence electrons. The van der Waals surface area contributed by atoms with Crippen LogP contribution in [0.2, 0.25) is 0 Å². The van der Waals surface area contributed by atoms with E-state index in [1.54, 1.807) is 5.57 Å².